The Kier molecular flexibility index (Phi) is 2.40. The van der Waals surface area contributed by atoms with Gasteiger partial charge in [-0.15, -0.1) is 0 Å². The minimum atomic E-state index is -1.11. The van der Waals surface area contributed by atoms with E-state index in [0.29, 0.717) is 11.4 Å². The molecule has 6 heteroatoms. The normalized spacial score (nSPS) is 15.2. The minimum Gasteiger partial charge on any atom is -0.478 e. The fraction of sp³-hybridized carbons (Fsp3) is 0.200. The summed E-state index contributed by atoms with van der Waals surface area (Å²) in [5.41, 5.74) is 1.45. The highest BCUT2D eigenvalue weighted by molar-refractivity contribution is 6.08. The zero-order valence-corrected chi connectivity index (χ0v) is 8.52. The van der Waals surface area contributed by atoms with Gasteiger partial charge < -0.3 is 10.4 Å². The smallest absolute Gasteiger partial charge is 0.334 e. The Morgan fingerprint density at radius 3 is 2.88 bits per heavy atom. The van der Waals surface area contributed by atoms with E-state index >= 15 is 0 Å². The first-order valence-corrected chi connectivity index (χ1v) is 4.63. The summed E-state index contributed by atoms with van der Waals surface area (Å²) in [6.07, 6.45) is 1.22. The minimum absolute atomic E-state index is 0.0445. The molecule has 1 aliphatic heterocycles. The van der Waals surface area contributed by atoms with Gasteiger partial charge in [0.1, 0.15) is 6.33 Å². The number of aliphatic carboxylic acids is 1. The highest BCUT2D eigenvalue weighted by atomic mass is 16.4. The Labute approximate surface area is 91.0 Å². The number of aromatic nitrogens is 2. The molecule has 0 fully saturated rings. The summed E-state index contributed by atoms with van der Waals surface area (Å²) in [5, 5.41) is 11.4. The third-order valence-electron chi connectivity index (χ3n) is 2.22. The molecule has 0 unspecified atom stereocenters. The molecular weight excluding hydrogens is 210 g/mol. The third-order valence-corrected chi connectivity index (χ3v) is 2.22. The topological polar surface area (TPSA) is 92.2 Å². The van der Waals surface area contributed by atoms with Crippen LogP contribution < -0.4 is 5.32 Å². The van der Waals surface area contributed by atoms with Crippen LogP contribution in [0.3, 0.4) is 0 Å². The maximum absolute atomic E-state index is 11.2. The molecule has 0 saturated carbocycles. The van der Waals surface area contributed by atoms with Crippen molar-refractivity contribution in [2.24, 2.45) is 0 Å². The lowest BCUT2D eigenvalue weighted by atomic mass is 10.1. The van der Waals surface area contributed by atoms with Crippen molar-refractivity contribution in [3.8, 4) is 0 Å². The number of rotatable bonds is 2. The number of aryl methyl sites for hydroxylation is 1. The molecule has 0 radical (unpaired) electrons. The van der Waals surface area contributed by atoms with Crippen molar-refractivity contribution in [2.45, 2.75) is 13.3 Å². The Hall–Kier alpha value is -2.24. The third kappa shape index (κ3) is 1.77. The number of carbonyl (C=O) groups excluding carboxylic acids is 1. The molecule has 16 heavy (non-hydrogen) atoms. The van der Waals surface area contributed by atoms with Crippen molar-refractivity contribution < 1.29 is 14.7 Å². The summed E-state index contributed by atoms with van der Waals surface area (Å²) >= 11 is 0. The van der Waals surface area contributed by atoms with Crippen LogP contribution in [0.2, 0.25) is 0 Å². The Morgan fingerprint density at radius 1 is 1.50 bits per heavy atom. The van der Waals surface area contributed by atoms with Crippen molar-refractivity contribution in [2.75, 3.05) is 0 Å². The monoisotopic (exact) mass is 219 g/mol. The van der Waals surface area contributed by atoms with Crippen LogP contribution in [-0.4, -0.2) is 27.0 Å². The molecule has 0 atom stereocenters. The summed E-state index contributed by atoms with van der Waals surface area (Å²) in [6.45, 7) is 1.77. The second kappa shape index (κ2) is 3.73. The van der Waals surface area contributed by atoms with Crippen molar-refractivity contribution in [3.05, 3.63) is 29.4 Å². The molecule has 0 bridgehead atoms. The van der Waals surface area contributed by atoms with Crippen molar-refractivity contribution in [1.29, 1.82) is 0 Å². The molecule has 0 saturated heterocycles. The molecule has 6 nitrogen and oxygen atoms in total. The van der Waals surface area contributed by atoms with E-state index in [1.54, 1.807) is 13.0 Å². The van der Waals surface area contributed by atoms with Gasteiger partial charge in [0.25, 0.3) is 0 Å². The van der Waals surface area contributed by atoms with Crippen molar-refractivity contribution in [3.63, 3.8) is 0 Å². The second-order valence-electron chi connectivity index (χ2n) is 3.43. The molecule has 2 heterocycles. The largest absolute Gasteiger partial charge is 0.478 e. The van der Waals surface area contributed by atoms with E-state index in [1.807, 2.05) is 0 Å². The van der Waals surface area contributed by atoms with E-state index in [4.69, 9.17) is 5.11 Å². The van der Waals surface area contributed by atoms with Gasteiger partial charge in [-0.05, 0) is 13.0 Å². The first kappa shape index (κ1) is 10.3. The molecule has 82 valence electrons. The Morgan fingerprint density at radius 2 is 2.25 bits per heavy atom. The quantitative estimate of drug-likeness (QED) is 0.736. The summed E-state index contributed by atoms with van der Waals surface area (Å²) in [7, 11) is 0. The lowest BCUT2D eigenvalue weighted by Crippen LogP contribution is -2.15. The predicted molar refractivity (Wildman–Crippen MR) is 54.1 cm³/mol. The van der Waals surface area contributed by atoms with Gasteiger partial charge in [0.05, 0.1) is 23.4 Å². The molecule has 0 aliphatic carbocycles. The van der Waals surface area contributed by atoms with Crippen LogP contribution in [0.25, 0.3) is 5.70 Å². The average molecular weight is 219 g/mol. The molecule has 0 spiro atoms. The summed E-state index contributed by atoms with van der Waals surface area (Å²) < 4.78 is 0. The first-order valence-electron chi connectivity index (χ1n) is 4.63. The number of hydrogen-bond donors (Lipinski definition) is 2. The van der Waals surface area contributed by atoms with Crippen LogP contribution in [0.4, 0.5) is 0 Å². The molecule has 1 amide bonds. The van der Waals surface area contributed by atoms with Gasteiger partial charge in [0, 0.05) is 5.69 Å². The number of carbonyl (C=O) groups is 2. The van der Waals surface area contributed by atoms with Gasteiger partial charge in [-0.1, -0.05) is 0 Å². The molecule has 1 aromatic rings. The standard InChI is InChI=1S/C10H9N3O3/c1-5-2-7(12-4-11-5)9-6(10(15)16)3-8(14)13-9/h2,4H,3H2,1H3,(H,13,14)(H,15,16). The number of carboxylic acids is 1. The van der Waals surface area contributed by atoms with Gasteiger partial charge in [-0.2, -0.15) is 0 Å². The van der Waals surface area contributed by atoms with Crippen LogP contribution in [0.15, 0.2) is 18.0 Å². The Balaban J connectivity index is 2.49. The maximum Gasteiger partial charge on any atom is 0.334 e. The molecular formula is C10H9N3O3. The predicted octanol–water partition coefficient (Wildman–Crippen LogP) is 0.101. The zero-order valence-electron chi connectivity index (χ0n) is 8.52. The van der Waals surface area contributed by atoms with Gasteiger partial charge in [0.2, 0.25) is 5.91 Å². The maximum atomic E-state index is 11.2. The van der Waals surface area contributed by atoms with Crippen LogP contribution >= 0.6 is 0 Å². The van der Waals surface area contributed by atoms with Crippen molar-refractivity contribution >= 4 is 17.6 Å². The van der Waals surface area contributed by atoms with E-state index in [9.17, 15) is 9.59 Å². The zero-order chi connectivity index (χ0) is 11.7. The van der Waals surface area contributed by atoms with Crippen LogP contribution in [0, 0.1) is 6.92 Å². The van der Waals surface area contributed by atoms with Crippen molar-refractivity contribution in [1.82, 2.24) is 15.3 Å². The van der Waals surface area contributed by atoms with E-state index in [-0.39, 0.29) is 23.6 Å². The number of hydrogen-bond acceptors (Lipinski definition) is 4. The first-order chi connectivity index (χ1) is 7.58. The lowest BCUT2D eigenvalue weighted by molar-refractivity contribution is -0.133. The highest BCUT2D eigenvalue weighted by Gasteiger charge is 2.27. The van der Waals surface area contributed by atoms with Crippen LogP contribution in [-0.2, 0) is 9.59 Å². The number of nitrogens with zero attached hydrogens (tertiary/aromatic N) is 2. The van der Waals surface area contributed by atoms with Crippen LogP contribution in [0.1, 0.15) is 17.8 Å². The van der Waals surface area contributed by atoms with Gasteiger partial charge in [-0.3, -0.25) is 4.79 Å². The number of carboxylic acid groups (broad SMARTS) is 1. The van der Waals surface area contributed by atoms with Gasteiger partial charge in [-0.25, -0.2) is 14.8 Å². The van der Waals surface area contributed by atoms with E-state index in [2.05, 4.69) is 15.3 Å². The SMILES string of the molecule is Cc1cc(C2=C(C(=O)O)CC(=O)N2)ncn1. The molecule has 1 aromatic heterocycles. The Bertz CT molecular complexity index is 508. The van der Waals surface area contributed by atoms with E-state index in [0.717, 1.165) is 0 Å². The summed E-state index contributed by atoms with van der Waals surface area (Å²) in [5.74, 6) is -1.44. The van der Waals surface area contributed by atoms with E-state index < -0.39 is 5.97 Å². The molecule has 1 aliphatic rings. The summed E-state index contributed by atoms with van der Waals surface area (Å²) in [6, 6.07) is 1.63. The van der Waals surface area contributed by atoms with Gasteiger partial charge >= 0.3 is 5.97 Å². The fourth-order valence-corrected chi connectivity index (χ4v) is 1.50. The van der Waals surface area contributed by atoms with Gasteiger partial charge in [0.15, 0.2) is 0 Å². The molecule has 0 aromatic carbocycles. The van der Waals surface area contributed by atoms with Crippen LogP contribution in [0.5, 0.6) is 0 Å². The van der Waals surface area contributed by atoms with E-state index in [1.165, 1.54) is 6.33 Å². The highest BCUT2D eigenvalue weighted by Crippen LogP contribution is 2.22. The average Bonchev–Trinajstić information content (AvgIpc) is 2.60. The lowest BCUT2D eigenvalue weighted by Gasteiger charge is -2.03. The fourth-order valence-electron chi connectivity index (χ4n) is 1.50. The molecule has 2 rings (SSSR count). The summed E-state index contributed by atoms with van der Waals surface area (Å²) in [4.78, 5) is 29.9. The second-order valence-corrected chi connectivity index (χ2v) is 3.43. The number of nitrogens with one attached hydrogen (secondary N) is 1. The molecule has 2 N–H and O–H groups in total. The number of amides is 1.